The minimum absolute atomic E-state index is 0.0652. The molecule has 1 N–H and O–H groups in total. The van der Waals surface area contributed by atoms with Crippen molar-refractivity contribution in [1.29, 1.82) is 0 Å². The Balaban J connectivity index is 2.92. The summed E-state index contributed by atoms with van der Waals surface area (Å²) < 4.78 is 28.7. The topological polar surface area (TPSA) is 45.5 Å². The smallest absolute Gasteiger partial charge is 0.273 e. The lowest BCUT2D eigenvalue weighted by atomic mass is 10.2. The van der Waals surface area contributed by atoms with Gasteiger partial charge in [0.05, 0.1) is 5.69 Å². The highest BCUT2D eigenvalue weighted by atomic mass is 79.9. The lowest BCUT2D eigenvalue weighted by Gasteiger charge is -2.21. The summed E-state index contributed by atoms with van der Waals surface area (Å²) in [5, 5.41) is 9.62. The van der Waals surface area contributed by atoms with Gasteiger partial charge in [0.15, 0.2) is 5.82 Å². The van der Waals surface area contributed by atoms with Crippen molar-refractivity contribution in [3.63, 3.8) is 0 Å². The highest BCUT2D eigenvalue weighted by molar-refractivity contribution is 9.10. The van der Waals surface area contributed by atoms with E-state index >= 15 is 0 Å². The molecule has 1 heterocycles. The number of nitrogens with zero attached hydrogens (tertiary/aromatic N) is 2. The van der Waals surface area contributed by atoms with Crippen molar-refractivity contribution in [3.05, 3.63) is 50.4 Å². The Hall–Kier alpha value is -1.89. The molecule has 0 saturated carbocycles. The molecular weight excluding hydrogens is 346 g/mol. The highest BCUT2D eigenvalue weighted by Gasteiger charge is 2.20. The Morgan fingerprint density at radius 1 is 1.24 bits per heavy atom. The Morgan fingerprint density at radius 3 is 2.43 bits per heavy atom. The standard InChI is InChI=1S/C14H13BrF2N2O2/c1-7-4-11(20)12(15)14(21)19(7)13-9(17)5-8(16)6-10(13)18(2)3/h4-6,20H,1-3H3. The molecule has 0 bridgehead atoms. The van der Waals surface area contributed by atoms with Crippen LogP contribution in [0.15, 0.2) is 27.5 Å². The molecule has 0 aliphatic carbocycles. The van der Waals surface area contributed by atoms with E-state index in [2.05, 4.69) is 15.9 Å². The minimum atomic E-state index is -0.860. The summed E-state index contributed by atoms with van der Waals surface area (Å²) in [6, 6.07) is 3.19. The fraction of sp³-hybridized carbons (Fsp3) is 0.214. The van der Waals surface area contributed by atoms with Gasteiger partial charge in [0.25, 0.3) is 5.56 Å². The fourth-order valence-electron chi connectivity index (χ4n) is 2.09. The molecule has 7 heteroatoms. The van der Waals surface area contributed by atoms with E-state index in [9.17, 15) is 18.7 Å². The van der Waals surface area contributed by atoms with E-state index in [1.165, 1.54) is 11.0 Å². The summed E-state index contributed by atoms with van der Waals surface area (Å²) in [4.78, 5) is 13.8. The van der Waals surface area contributed by atoms with Crippen LogP contribution in [0.3, 0.4) is 0 Å². The molecule has 0 aliphatic heterocycles. The van der Waals surface area contributed by atoms with Crippen LogP contribution < -0.4 is 10.5 Å². The molecule has 2 rings (SSSR count). The Kier molecular flexibility index (Phi) is 4.04. The molecule has 21 heavy (non-hydrogen) atoms. The van der Waals surface area contributed by atoms with Crippen LogP contribution in [0.5, 0.6) is 5.75 Å². The van der Waals surface area contributed by atoms with Crippen molar-refractivity contribution >= 4 is 21.6 Å². The summed E-state index contributed by atoms with van der Waals surface area (Å²) in [5.41, 5.74) is -0.143. The van der Waals surface area contributed by atoms with E-state index in [0.717, 1.165) is 16.7 Å². The van der Waals surface area contributed by atoms with E-state index in [4.69, 9.17) is 0 Å². The maximum Gasteiger partial charge on any atom is 0.273 e. The zero-order valence-corrected chi connectivity index (χ0v) is 13.2. The Bertz CT molecular complexity index is 773. The highest BCUT2D eigenvalue weighted by Crippen LogP contribution is 2.29. The van der Waals surface area contributed by atoms with Gasteiger partial charge in [0, 0.05) is 31.9 Å². The SMILES string of the molecule is Cc1cc(O)c(Br)c(=O)n1-c1c(F)cc(F)cc1N(C)C. The predicted octanol–water partition coefficient (Wildman–Crippen LogP) is 2.96. The minimum Gasteiger partial charge on any atom is -0.506 e. The van der Waals surface area contributed by atoms with E-state index in [0.29, 0.717) is 5.69 Å². The van der Waals surface area contributed by atoms with Crippen LogP contribution in [0.25, 0.3) is 5.69 Å². The van der Waals surface area contributed by atoms with Crippen LogP contribution in [0.2, 0.25) is 0 Å². The normalized spacial score (nSPS) is 10.8. The van der Waals surface area contributed by atoms with Gasteiger partial charge in [-0.3, -0.25) is 9.36 Å². The number of pyridine rings is 1. The largest absolute Gasteiger partial charge is 0.506 e. The second-order valence-corrected chi connectivity index (χ2v) is 5.57. The van der Waals surface area contributed by atoms with Crippen molar-refractivity contribution in [2.24, 2.45) is 0 Å². The van der Waals surface area contributed by atoms with Crippen LogP contribution in [-0.4, -0.2) is 23.8 Å². The summed E-state index contributed by atoms with van der Waals surface area (Å²) in [6.45, 7) is 1.55. The fourth-order valence-corrected chi connectivity index (χ4v) is 2.38. The van der Waals surface area contributed by atoms with Gasteiger partial charge in [-0.1, -0.05) is 0 Å². The zero-order valence-electron chi connectivity index (χ0n) is 11.6. The molecule has 2 aromatic rings. The van der Waals surface area contributed by atoms with Crippen LogP contribution in [-0.2, 0) is 0 Å². The average Bonchev–Trinajstić information content (AvgIpc) is 2.37. The molecule has 0 fully saturated rings. The Labute approximate surface area is 128 Å². The van der Waals surface area contributed by atoms with E-state index in [1.807, 2.05) is 0 Å². The van der Waals surface area contributed by atoms with Gasteiger partial charge < -0.3 is 10.0 Å². The van der Waals surface area contributed by atoms with E-state index < -0.39 is 17.2 Å². The first kappa shape index (κ1) is 15.5. The molecule has 0 radical (unpaired) electrons. The number of aromatic hydroxyl groups is 1. The number of aromatic nitrogens is 1. The van der Waals surface area contributed by atoms with E-state index in [-0.39, 0.29) is 21.6 Å². The molecule has 1 aromatic heterocycles. The third-order valence-electron chi connectivity index (χ3n) is 3.03. The maximum atomic E-state index is 14.2. The van der Waals surface area contributed by atoms with Gasteiger partial charge in [0.1, 0.15) is 21.7 Å². The van der Waals surface area contributed by atoms with Gasteiger partial charge in [-0.05, 0) is 28.9 Å². The van der Waals surface area contributed by atoms with Gasteiger partial charge >= 0.3 is 0 Å². The predicted molar refractivity (Wildman–Crippen MR) is 80.4 cm³/mol. The van der Waals surface area contributed by atoms with Crippen LogP contribution >= 0.6 is 15.9 Å². The van der Waals surface area contributed by atoms with Crippen LogP contribution in [0.1, 0.15) is 5.69 Å². The number of aryl methyl sites for hydroxylation is 1. The molecule has 0 saturated heterocycles. The third-order valence-corrected chi connectivity index (χ3v) is 3.77. The summed E-state index contributed by atoms with van der Waals surface area (Å²) in [7, 11) is 3.24. The van der Waals surface area contributed by atoms with Crippen molar-refractivity contribution in [3.8, 4) is 11.4 Å². The molecule has 1 aromatic carbocycles. The lowest BCUT2D eigenvalue weighted by molar-refractivity contribution is 0.467. The summed E-state index contributed by atoms with van der Waals surface area (Å²) >= 11 is 2.97. The molecule has 0 atom stereocenters. The van der Waals surface area contributed by atoms with Crippen molar-refractivity contribution in [2.75, 3.05) is 19.0 Å². The van der Waals surface area contributed by atoms with Crippen molar-refractivity contribution < 1.29 is 13.9 Å². The number of rotatable bonds is 2. The molecule has 112 valence electrons. The molecule has 4 nitrogen and oxygen atoms in total. The number of anilines is 1. The maximum absolute atomic E-state index is 14.2. The van der Waals surface area contributed by atoms with Crippen LogP contribution in [0.4, 0.5) is 14.5 Å². The number of hydrogen-bond donors (Lipinski definition) is 1. The molecule has 0 aliphatic rings. The third kappa shape index (κ3) is 2.65. The Morgan fingerprint density at radius 2 is 1.86 bits per heavy atom. The monoisotopic (exact) mass is 358 g/mol. The molecule has 0 spiro atoms. The first-order valence-electron chi connectivity index (χ1n) is 6.02. The van der Waals surface area contributed by atoms with E-state index in [1.54, 1.807) is 21.0 Å². The van der Waals surface area contributed by atoms with Gasteiger partial charge in [-0.15, -0.1) is 0 Å². The molecule has 0 unspecified atom stereocenters. The van der Waals surface area contributed by atoms with Crippen LogP contribution in [0, 0.1) is 18.6 Å². The number of benzene rings is 1. The average molecular weight is 359 g/mol. The second kappa shape index (κ2) is 5.48. The quantitative estimate of drug-likeness (QED) is 0.897. The number of hydrogen-bond acceptors (Lipinski definition) is 3. The molecular formula is C14H13BrF2N2O2. The summed E-state index contributed by atoms with van der Waals surface area (Å²) in [6.07, 6.45) is 0. The van der Waals surface area contributed by atoms with Gasteiger partial charge in [-0.2, -0.15) is 0 Å². The van der Waals surface area contributed by atoms with Gasteiger partial charge in [-0.25, -0.2) is 8.78 Å². The first-order chi connectivity index (χ1) is 9.73. The number of halogens is 3. The lowest BCUT2D eigenvalue weighted by Crippen LogP contribution is -2.25. The van der Waals surface area contributed by atoms with Crippen molar-refractivity contribution in [1.82, 2.24) is 4.57 Å². The zero-order chi connectivity index (χ0) is 15.9. The molecule has 0 amide bonds. The van der Waals surface area contributed by atoms with Crippen molar-refractivity contribution in [2.45, 2.75) is 6.92 Å². The second-order valence-electron chi connectivity index (χ2n) is 4.78. The van der Waals surface area contributed by atoms with Gasteiger partial charge in [0.2, 0.25) is 0 Å². The summed E-state index contributed by atoms with van der Waals surface area (Å²) in [5.74, 6) is -1.83. The first-order valence-corrected chi connectivity index (χ1v) is 6.81.